The molecule has 8 aromatic carbocycles. The van der Waals surface area contributed by atoms with Crippen molar-refractivity contribution in [2.75, 3.05) is 27.2 Å². The van der Waals surface area contributed by atoms with Gasteiger partial charge in [-0.05, 0) is 72.8 Å². The number of para-hydroxylation sites is 4. The van der Waals surface area contributed by atoms with Gasteiger partial charge in [0.1, 0.15) is 95.4 Å². The summed E-state index contributed by atoms with van der Waals surface area (Å²) >= 11 is 0. The van der Waals surface area contributed by atoms with Crippen molar-refractivity contribution in [3.63, 3.8) is 0 Å². The molecule has 0 amide bonds. The molecule has 0 N–H and O–H groups in total. The summed E-state index contributed by atoms with van der Waals surface area (Å²) < 4.78 is 81.0. The Hall–Kier alpha value is -9.96. The monoisotopic (exact) mass is 1130 g/mol. The van der Waals surface area contributed by atoms with E-state index in [0.29, 0.717) is 114 Å². The molecule has 16 heteroatoms. The van der Waals surface area contributed by atoms with Crippen LogP contribution < -0.4 is 56.8 Å². The van der Waals surface area contributed by atoms with E-state index >= 15 is 0 Å². The molecule has 13 rings (SSSR count). The molecule has 0 spiro atoms. The SMILES string of the molecule is CC1c2cc3c4c(COc5ccccc5C=O)c2OCOc2c1cc1c(c2COc2ccccc2C=O)OCOc2c(cc5c(c2COc2ccccc2C=O)OCOc2c(cc(c(c2COc2ccccc2C=O)OCO4)C3C)C5C)C1C. The minimum atomic E-state index is -0.491. The van der Waals surface area contributed by atoms with Crippen molar-refractivity contribution in [2.24, 2.45) is 0 Å². The summed E-state index contributed by atoms with van der Waals surface area (Å²) in [6.45, 7) is 6.86. The number of rotatable bonds is 16. The standard InChI is InChI=1S/C68H56O16/c1-37-45-21-47-38(2)49-23-51-40(4)52-24-50-39(3)48-22-46(37)62-54(30-74-58-18-10-6-14-42(58)26-70)64(48)80-35-82-66(50)56(32-76-60-20-12-8-16-44(60)28-72)68(52)84-36-83-67(51)55(31-75-59-19-11-7-15-43(59)27-71)65(49)81-34-79-63(47)53(61(45)77-33-78-62)29-73-57-17-9-5-13-41(57)25-69/h5-28,37-40H,29-36H2,1-4H3. The first kappa shape index (κ1) is 53.4. The summed E-state index contributed by atoms with van der Waals surface area (Å²) in [7, 11) is 0. The summed E-state index contributed by atoms with van der Waals surface area (Å²) in [6, 6.07) is 36.5. The lowest BCUT2D eigenvalue weighted by Gasteiger charge is -2.36. The molecule has 0 radical (unpaired) electrons. The van der Waals surface area contributed by atoms with Crippen molar-refractivity contribution in [3.8, 4) is 69.0 Å². The normalized spacial score (nSPS) is 17.3. The number of benzene rings is 8. The maximum Gasteiger partial charge on any atom is 0.230 e. The molecule has 0 aromatic heterocycles. The first-order valence-electron chi connectivity index (χ1n) is 27.7. The maximum atomic E-state index is 12.4. The fraction of sp³-hybridized carbons (Fsp3) is 0.235. The zero-order valence-corrected chi connectivity index (χ0v) is 46.4. The Morgan fingerprint density at radius 1 is 0.310 bits per heavy atom. The van der Waals surface area contributed by atoms with Gasteiger partial charge < -0.3 is 56.8 Å². The van der Waals surface area contributed by atoms with Crippen molar-refractivity contribution in [2.45, 2.75) is 77.8 Å². The molecule has 424 valence electrons. The molecule has 0 atom stereocenters. The molecule has 8 bridgehead atoms. The van der Waals surface area contributed by atoms with E-state index in [0.717, 1.165) is 69.7 Å². The van der Waals surface area contributed by atoms with Gasteiger partial charge in [-0.3, -0.25) is 19.2 Å². The topological polar surface area (TPSA) is 179 Å². The maximum absolute atomic E-state index is 12.4. The van der Waals surface area contributed by atoms with Crippen molar-refractivity contribution in [3.05, 3.63) is 210 Å². The summed E-state index contributed by atoms with van der Waals surface area (Å²) in [5, 5.41) is 0. The Morgan fingerprint density at radius 3 is 0.667 bits per heavy atom. The average molecular weight is 1130 g/mol. The molecule has 1 aliphatic carbocycles. The van der Waals surface area contributed by atoms with E-state index in [4.69, 9.17) is 56.8 Å². The third-order valence-electron chi connectivity index (χ3n) is 16.6. The smallest absolute Gasteiger partial charge is 0.230 e. The van der Waals surface area contributed by atoms with Crippen LogP contribution in [0.15, 0.2) is 121 Å². The lowest BCUT2D eigenvalue weighted by molar-refractivity contribution is 0.0902. The summed E-state index contributed by atoms with van der Waals surface area (Å²) in [4.78, 5) is 49.6. The molecular weight excluding hydrogens is 1070 g/mol. The van der Waals surface area contributed by atoms with Crippen LogP contribution in [0.25, 0.3) is 0 Å². The first-order chi connectivity index (χ1) is 41.2. The van der Waals surface area contributed by atoms with Crippen LogP contribution in [0.1, 0.15) is 160 Å². The Balaban J connectivity index is 1.10. The van der Waals surface area contributed by atoms with Crippen LogP contribution in [0.3, 0.4) is 0 Å². The van der Waals surface area contributed by atoms with E-state index in [1.807, 2.05) is 0 Å². The molecule has 8 aromatic rings. The molecule has 5 aliphatic rings. The molecule has 84 heavy (non-hydrogen) atoms. The van der Waals surface area contributed by atoms with Gasteiger partial charge in [0, 0.05) is 68.2 Å². The highest BCUT2D eigenvalue weighted by Gasteiger charge is 2.40. The van der Waals surface area contributed by atoms with Gasteiger partial charge in [-0.1, -0.05) is 76.2 Å². The van der Waals surface area contributed by atoms with E-state index in [1.165, 1.54) is 0 Å². The number of ether oxygens (including phenoxy) is 12. The number of aldehydes is 4. The second kappa shape index (κ2) is 22.4. The van der Waals surface area contributed by atoms with Crippen molar-refractivity contribution in [1.82, 2.24) is 0 Å². The summed E-state index contributed by atoms with van der Waals surface area (Å²) in [5.74, 6) is 3.16. The van der Waals surface area contributed by atoms with Crippen LogP contribution in [0.5, 0.6) is 69.0 Å². The first-order valence-corrected chi connectivity index (χ1v) is 27.7. The number of carbonyl (C=O) groups is 4. The van der Waals surface area contributed by atoms with E-state index in [-0.39, 0.29) is 53.6 Å². The van der Waals surface area contributed by atoms with E-state index in [2.05, 4.69) is 52.0 Å². The third kappa shape index (κ3) is 9.27. The summed E-state index contributed by atoms with van der Waals surface area (Å²) in [5.41, 5.74) is 9.94. The van der Waals surface area contributed by atoms with Gasteiger partial charge in [0.05, 0.1) is 44.5 Å². The molecule has 0 saturated carbocycles. The van der Waals surface area contributed by atoms with Crippen LogP contribution in [0.4, 0.5) is 0 Å². The second-order valence-corrected chi connectivity index (χ2v) is 21.1. The molecule has 4 heterocycles. The van der Waals surface area contributed by atoms with Gasteiger partial charge in [-0.15, -0.1) is 0 Å². The number of carbonyl (C=O) groups excluding carboxylic acids is 4. The summed E-state index contributed by atoms with van der Waals surface area (Å²) in [6.07, 6.45) is 3.02. The highest BCUT2D eigenvalue weighted by molar-refractivity contribution is 5.81. The van der Waals surface area contributed by atoms with Gasteiger partial charge in [0.15, 0.2) is 25.1 Å². The van der Waals surface area contributed by atoms with Gasteiger partial charge in [0.25, 0.3) is 0 Å². The Bertz CT molecular complexity index is 3330. The molecule has 0 fully saturated rings. The lowest BCUT2D eigenvalue weighted by Crippen LogP contribution is -2.25. The van der Waals surface area contributed by atoms with Crippen molar-refractivity contribution < 1.29 is 76.0 Å². The lowest BCUT2D eigenvalue weighted by atomic mass is 9.78. The fourth-order valence-electron chi connectivity index (χ4n) is 12.2. The Labute approximate surface area is 483 Å². The van der Waals surface area contributed by atoms with E-state index < -0.39 is 23.7 Å². The largest absolute Gasteiger partial charge is 0.488 e. The minimum absolute atomic E-state index is 0.0862. The molecule has 4 aliphatic heterocycles. The predicted octanol–water partition coefficient (Wildman–Crippen LogP) is 13.1. The third-order valence-corrected chi connectivity index (χ3v) is 16.6. The van der Waals surface area contributed by atoms with Crippen LogP contribution in [-0.2, 0) is 26.4 Å². The van der Waals surface area contributed by atoms with Gasteiger partial charge in [0.2, 0.25) is 27.2 Å². The van der Waals surface area contributed by atoms with Crippen LogP contribution in [0.2, 0.25) is 0 Å². The zero-order valence-electron chi connectivity index (χ0n) is 46.4. The quantitative estimate of drug-likeness (QED) is 0.0833. The fourth-order valence-corrected chi connectivity index (χ4v) is 12.2. The number of hydrogen-bond donors (Lipinski definition) is 0. The highest BCUT2D eigenvalue weighted by Crippen LogP contribution is 2.57. The molecule has 0 unspecified atom stereocenters. The van der Waals surface area contributed by atoms with Crippen molar-refractivity contribution in [1.29, 1.82) is 0 Å². The van der Waals surface area contributed by atoms with Gasteiger partial charge in [-0.25, -0.2) is 0 Å². The highest BCUT2D eigenvalue weighted by atomic mass is 16.7. The predicted molar refractivity (Wildman–Crippen MR) is 305 cm³/mol. The number of hydrogen-bond acceptors (Lipinski definition) is 16. The van der Waals surface area contributed by atoms with Crippen LogP contribution in [-0.4, -0.2) is 52.3 Å². The Morgan fingerprint density at radius 2 is 0.488 bits per heavy atom. The van der Waals surface area contributed by atoms with Gasteiger partial charge in [-0.2, -0.15) is 0 Å². The van der Waals surface area contributed by atoms with Crippen molar-refractivity contribution >= 4 is 25.1 Å². The molecule has 0 saturated heterocycles. The van der Waals surface area contributed by atoms with E-state index in [1.54, 1.807) is 97.1 Å². The van der Waals surface area contributed by atoms with Crippen LogP contribution >= 0.6 is 0 Å². The Kier molecular flexibility index (Phi) is 14.2. The zero-order chi connectivity index (χ0) is 57.6. The molecule has 16 nitrogen and oxygen atoms in total. The average Bonchev–Trinajstić information content (AvgIpc) is 0.968. The minimum Gasteiger partial charge on any atom is -0.488 e. The molecular formula is C68H56O16. The van der Waals surface area contributed by atoms with Gasteiger partial charge >= 0.3 is 0 Å². The second-order valence-electron chi connectivity index (χ2n) is 21.1. The van der Waals surface area contributed by atoms with Crippen LogP contribution in [0, 0.1) is 0 Å². The van der Waals surface area contributed by atoms with E-state index in [9.17, 15) is 19.2 Å².